The first-order valence-corrected chi connectivity index (χ1v) is 12.2. The molecule has 0 aromatic heterocycles. The Morgan fingerprint density at radius 2 is 2.04 bits per heavy atom. The minimum Gasteiger partial charge on any atom is -0.337 e. The zero-order chi connectivity index (χ0) is 20.5. The molecule has 2 saturated heterocycles. The smallest absolute Gasteiger partial charge is 0.325 e. The van der Waals surface area contributed by atoms with E-state index in [4.69, 9.17) is 0 Å². The zero-order valence-corrected chi connectivity index (χ0v) is 17.6. The second kappa shape index (κ2) is 8.00. The van der Waals surface area contributed by atoms with Gasteiger partial charge in [0.15, 0.2) is 9.84 Å². The summed E-state index contributed by atoms with van der Waals surface area (Å²) in [7, 11) is -3.13. The number of nitrogens with zero attached hydrogens (tertiary/aromatic N) is 2. The Balaban J connectivity index is 1.74. The quantitative estimate of drug-likeness (QED) is 0.661. The summed E-state index contributed by atoms with van der Waals surface area (Å²) in [5.41, 5.74) is -0.888. The van der Waals surface area contributed by atoms with Gasteiger partial charge in [-0.2, -0.15) is 0 Å². The summed E-state index contributed by atoms with van der Waals surface area (Å²) in [5, 5.41) is 2.86. The van der Waals surface area contributed by atoms with Gasteiger partial charge in [0, 0.05) is 12.6 Å². The summed E-state index contributed by atoms with van der Waals surface area (Å²) in [6.07, 6.45) is 5.42. The summed E-state index contributed by atoms with van der Waals surface area (Å²) < 4.78 is 23.7. The van der Waals surface area contributed by atoms with Gasteiger partial charge in [-0.05, 0) is 31.6 Å². The molecule has 8 nitrogen and oxygen atoms in total. The lowest BCUT2D eigenvalue weighted by molar-refractivity contribution is -0.141. The van der Waals surface area contributed by atoms with Crippen molar-refractivity contribution in [3.63, 3.8) is 0 Å². The maximum absolute atomic E-state index is 13.1. The van der Waals surface area contributed by atoms with Crippen LogP contribution in [0.5, 0.6) is 0 Å². The number of carbonyl (C=O) groups is 3. The van der Waals surface area contributed by atoms with Crippen molar-refractivity contribution < 1.29 is 22.8 Å². The van der Waals surface area contributed by atoms with Crippen LogP contribution in [0.2, 0.25) is 0 Å². The predicted octanol–water partition coefficient (Wildman–Crippen LogP) is 1.30. The highest BCUT2D eigenvalue weighted by Gasteiger charge is 2.55. The van der Waals surface area contributed by atoms with E-state index in [0.29, 0.717) is 19.4 Å². The molecule has 2 aliphatic heterocycles. The minimum atomic E-state index is -3.13. The average molecular weight is 414 g/mol. The first kappa shape index (κ1) is 21.1. The molecule has 0 aromatic carbocycles. The van der Waals surface area contributed by atoms with Crippen LogP contribution in [0.4, 0.5) is 4.79 Å². The molecular formula is C19H31N3O5S. The third kappa shape index (κ3) is 3.90. The van der Waals surface area contributed by atoms with E-state index in [1.54, 1.807) is 4.90 Å². The van der Waals surface area contributed by atoms with Crippen molar-refractivity contribution >= 4 is 27.7 Å². The SMILES string of the molecule is CCCCN(C(=O)CN1C(=O)N[C@]2(CCCC[C@@H]2C)C1=O)[C@@H]1CCS(=O)(=O)C1. The van der Waals surface area contributed by atoms with E-state index >= 15 is 0 Å². The molecule has 3 rings (SSSR count). The molecule has 0 unspecified atom stereocenters. The topological polar surface area (TPSA) is 104 Å². The summed E-state index contributed by atoms with van der Waals surface area (Å²) >= 11 is 0. The number of rotatable bonds is 6. The molecule has 158 valence electrons. The Bertz CT molecular complexity index is 753. The molecule has 0 radical (unpaired) electrons. The van der Waals surface area contributed by atoms with Crippen LogP contribution in [0.3, 0.4) is 0 Å². The number of unbranched alkanes of at least 4 members (excludes halogenated alkanes) is 1. The van der Waals surface area contributed by atoms with E-state index in [0.717, 1.165) is 37.0 Å². The van der Waals surface area contributed by atoms with Crippen LogP contribution in [0.1, 0.15) is 58.8 Å². The van der Waals surface area contributed by atoms with Gasteiger partial charge in [-0.25, -0.2) is 13.2 Å². The fourth-order valence-corrected chi connectivity index (χ4v) is 6.46. The fourth-order valence-electron chi connectivity index (χ4n) is 4.73. The van der Waals surface area contributed by atoms with E-state index in [1.807, 2.05) is 13.8 Å². The largest absolute Gasteiger partial charge is 0.337 e. The van der Waals surface area contributed by atoms with E-state index in [1.165, 1.54) is 0 Å². The lowest BCUT2D eigenvalue weighted by Gasteiger charge is -2.37. The molecule has 0 aromatic rings. The van der Waals surface area contributed by atoms with Crippen molar-refractivity contribution in [3.05, 3.63) is 0 Å². The maximum Gasteiger partial charge on any atom is 0.325 e. The molecule has 1 saturated carbocycles. The summed E-state index contributed by atoms with van der Waals surface area (Å²) in [5.74, 6) is -0.581. The number of hydrogen-bond donors (Lipinski definition) is 1. The molecule has 28 heavy (non-hydrogen) atoms. The molecule has 3 atom stereocenters. The lowest BCUT2D eigenvalue weighted by Crippen LogP contribution is -2.54. The van der Waals surface area contributed by atoms with Crippen LogP contribution in [0, 0.1) is 5.92 Å². The second-order valence-corrected chi connectivity index (χ2v) is 10.7. The van der Waals surface area contributed by atoms with Gasteiger partial charge < -0.3 is 10.2 Å². The average Bonchev–Trinajstić information content (AvgIpc) is 3.10. The highest BCUT2D eigenvalue weighted by molar-refractivity contribution is 7.91. The molecule has 9 heteroatoms. The minimum absolute atomic E-state index is 0.0361. The predicted molar refractivity (Wildman–Crippen MR) is 104 cm³/mol. The van der Waals surface area contributed by atoms with Gasteiger partial charge in [0.25, 0.3) is 5.91 Å². The van der Waals surface area contributed by atoms with E-state index in [2.05, 4.69) is 5.32 Å². The molecule has 1 N–H and O–H groups in total. The molecule has 2 heterocycles. The van der Waals surface area contributed by atoms with Crippen molar-refractivity contribution in [2.45, 2.75) is 70.4 Å². The number of urea groups is 1. The van der Waals surface area contributed by atoms with Crippen LogP contribution in [0.25, 0.3) is 0 Å². The molecular weight excluding hydrogens is 382 g/mol. The van der Waals surface area contributed by atoms with Gasteiger partial charge in [-0.3, -0.25) is 14.5 Å². The molecule has 0 bridgehead atoms. The van der Waals surface area contributed by atoms with Gasteiger partial charge in [0.05, 0.1) is 11.5 Å². The Labute approximate surface area is 166 Å². The Kier molecular flexibility index (Phi) is 6.03. The van der Waals surface area contributed by atoms with Crippen LogP contribution in [-0.2, 0) is 19.4 Å². The lowest BCUT2D eigenvalue weighted by atomic mass is 9.73. The summed E-state index contributed by atoms with van der Waals surface area (Å²) in [6.45, 7) is 4.10. The fraction of sp³-hybridized carbons (Fsp3) is 0.842. The van der Waals surface area contributed by atoms with E-state index in [-0.39, 0.29) is 41.8 Å². The summed E-state index contributed by atoms with van der Waals surface area (Å²) in [6, 6.07) is -0.881. The first-order valence-electron chi connectivity index (χ1n) is 10.3. The Morgan fingerprint density at radius 1 is 1.29 bits per heavy atom. The maximum atomic E-state index is 13.1. The van der Waals surface area contributed by atoms with E-state index < -0.39 is 21.4 Å². The standard InChI is InChI=1S/C19H31N3O5S/c1-3-4-10-21(15-8-11-28(26,27)13-15)16(23)12-22-17(24)19(20-18(22)25)9-6-5-7-14(19)2/h14-15H,3-13H2,1-2H3,(H,20,25)/t14-,15+,19-/m0/s1. The van der Waals surface area contributed by atoms with Gasteiger partial charge >= 0.3 is 6.03 Å². The highest BCUT2D eigenvalue weighted by atomic mass is 32.2. The molecule has 4 amide bonds. The van der Waals surface area contributed by atoms with Gasteiger partial charge in [-0.15, -0.1) is 0 Å². The third-order valence-corrected chi connectivity index (χ3v) is 8.27. The van der Waals surface area contributed by atoms with E-state index in [9.17, 15) is 22.8 Å². The molecule has 1 aliphatic carbocycles. The highest BCUT2D eigenvalue weighted by Crippen LogP contribution is 2.38. The molecule has 3 fully saturated rings. The van der Waals surface area contributed by atoms with Crippen molar-refractivity contribution in [2.24, 2.45) is 5.92 Å². The molecule has 3 aliphatic rings. The van der Waals surface area contributed by atoms with Crippen LogP contribution in [0.15, 0.2) is 0 Å². The van der Waals surface area contributed by atoms with Crippen LogP contribution < -0.4 is 5.32 Å². The van der Waals surface area contributed by atoms with Gasteiger partial charge in [0.2, 0.25) is 5.91 Å². The second-order valence-electron chi connectivity index (χ2n) is 8.44. The number of carbonyl (C=O) groups excluding carboxylic acids is 3. The number of imide groups is 1. The van der Waals surface area contributed by atoms with Crippen molar-refractivity contribution in [1.82, 2.24) is 15.1 Å². The number of sulfone groups is 1. The summed E-state index contributed by atoms with van der Waals surface area (Å²) in [4.78, 5) is 41.2. The Morgan fingerprint density at radius 3 is 2.64 bits per heavy atom. The monoisotopic (exact) mass is 413 g/mol. The van der Waals surface area contributed by atoms with Crippen molar-refractivity contribution in [1.29, 1.82) is 0 Å². The van der Waals surface area contributed by atoms with Gasteiger partial charge in [0.1, 0.15) is 12.1 Å². The van der Waals surface area contributed by atoms with Gasteiger partial charge in [-0.1, -0.05) is 33.1 Å². The number of amides is 4. The zero-order valence-electron chi connectivity index (χ0n) is 16.8. The number of hydrogen-bond acceptors (Lipinski definition) is 5. The van der Waals surface area contributed by atoms with Crippen molar-refractivity contribution in [3.8, 4) is 0 Å². The normalized spacial score (nSPS) is 32.0. The van der Waals surface area contributed by atoms with Crippen LogP contribution in [-0.4, -0.2) is 72.2 Å². The number of nitrogens with one attached hydrogen (secondary N) is 1. The first-order chi connectivity index (χ1) is 13.2. The molecule has 1 spiro atoms. The van der Waals surface area contributed by atoms with Crippen LogP contribution >= 0.6 is 0 Å². The van der Waals surface area contributed by atoms with Crippen molar-refractivity contribution in [2.75, 3.05) is 24.6 Å². The Hall–Kier alpha value is -1.64. The third-order valence-electron chi connectivity index (χ3n) is 6.52.